The number of anilines is 1. The van der Waals surface area contributed by atoms with Gasteiger partial charge < -0.3 is 10.2 Å². The second-order valence-corrected chi connectivity index (χ2v) is 13.5. The number of carboxylic acid groups (broad SMARTS) is 1. The van der Waals surface area contributed by atoms with Gasteiger partial charge in [0.2, 0.25) is 10.0 Å². The fourth-order valence-electron chi connectivity index (χ4n) is 7.24. The molecule has 38 heavy (non-hydrogen) atoms. The van der Waals surface area contributed by atoms with E-state index < -0.39 is 26.7 Å². The summed E-state index contributed by atoms with van der Waals surface area (Å²) < 4.78 is 24.3. The van der Waals surface area contributed by atoms with Crippen molar-refractivity contribution in [2.24, 2.45) is 0 Å². The summed E-state index contributed by atoms with van der Waals surface area (Å²) in [5.41, 5.74) is 1.22. The molecule has 0 spiro atoms. The Hall–Kier alpha value is -2.09. The number of hydrogen-bond donors (Lipinski definition) is 2. The van der Waals surface area contributed by atoms with Gasteiger partial charge in [0.25, 0.3) is 0 Å². The van der Waals surface area contributed by atoms with E-state index in [-0.39, 0.29) is 30.2 Å². The van der Waals surface area contributed by atoms with Crippen molar-refractivity contribution in [2.75, 3.05) is 50.4 Å². The molecule has 210 valence electrons. The molecular weight excluding hydrogens is 510 g/mol. The Morgan fingerprint density at radius 3 is 2.21 bits per heavy atom. The Morgan fingerprint density at radius 2 is 1.66 bits per heavy atom. The third kappa shape index (κ3) is 4.54. The molecular formula is C26H40N5O6S+. The van der Waals surface area contributed by atoms with Crippen molar-refractivity contribution in [1.82, 2.24) is 18.6 Å². The fourth-order valence-corrected chi connectivity index (χ4v) is 8.06. The lowest BCUT2D eigenvalue weighted by atomic mass is 9.93. The van der Waals surface area contributed by atoms with Crippen LogP contribution in [0.15, 0.2) is 24.3 Å². The number of fused-ring (bicyclic) bond motifs is 3. The highest BCUT2D eigenvalue weighted by molar-refractivity contribution is 7.88. The van der Waals surface area contributed by atoms with Crippen molar-refractivity contribution >= 4 is 33.5 Å². The number of piperidine rings is 1. The van der Waals surface area contributed by atoms with Crippen molar-refractivity contribution in [2.45, 2.75) is 69.8 Å². The van der Waals surface area contributed by atoms with Gasteiger partial charge in [0, 0.05) is 76.3 Å². The zero-order chi connectivity index (χ0) is 27.4. The van der Waals surface area contributed by atoms with Crippen LogP contribution in [0.2, 0.25) is 0 Å². The van der Waals surface area contributed by atoms with Crippen LogP contribution in [0.5, 0.6) is 0 Å². The summed E-state index contributed by atoms with van der Waals surface area (Å²) in [6.07, 6.45) is 2.50. The molecule has 0 aliphatic carbocycles. The van der Waals surface area contributed by atoms with Crippen LogP contribution in [0.25, 0.3) is 0 Å². The Kier molecular flexibility index (Phi) is 7.33. The van der Waals surface area contributed by atoms with Crippen molar-refractivity contribution in [3.63, 3.8) is 0 Å². The molecule has 2 bridgehead atoms. The molecule has 11 nitrogen and oxygen atoms in total. The van der Waals surface area contributed by atoms with Gasteiger partial charge in [0.1, 0.15) is 11.7 Å². The summed E-state index contributed by atoms with van der Waals surface area (Å²) in [7, 11) is -3.20. The maximum Gasteiger partial charge on any atom is 0.528 e. The summed E-state index contributed by atoms with van der Waals surface area (Å²) in [6.45, 7) is 6.82. The van der Waals surface area contributed by atoms with Crippen LogP contribution < -0.4 is 9.38 Å². The molecule has 5 rings (SSSR count). The van der Waals surface area contributed by atoms with Crippen LogP contribution in [-0.2, 0) is 10.0 Å². The lowest BCUT2D eigenvalue weighted by molar-refractivity contribution is 0.0187. The van der Waals surface area contributed by atoms with Gasteiger partial charge in [-0.1, -0.05) is 12.1 Å². The van der Waals surface area contributed by atoms with Gasteiger partial charge in [-0.15, -0.1) is 4.48 Å². The third-order valence-electron chi connectivity index (χ3n) is 8.95. The van der Waals surface area contributed by atoms with Crippen molar-refractivity contribution in [3.05, 3.63) is 24.3 Å². The van der Waals surface area contributed by atoms with Gasteiger partial charge >= 0.3 is 12.1 Å². The van der Waals surface area contributed by atoms with E-state index in [0.717, 1.165) is 12.8 Å². The highest BCUT2D eigenvalue weighted by Crippen LogP contribution is 2.50. The average Bonchev–Trinajstić information content (AvgIpc) is 3.23. The number of β-amino-alcohol motifs (C(OH)–C–C–N with tert-alkyl or cyclic N) is 1. The minimum atomic E-state index is -3.20. The molecule has 3 amide bonds. The number of urea groups is 1. The van der Waals surface area contributed by atoms with E-state index in [9.17, 15) is 28.2 Å². The SMILES string of the molecule is CC(C)N1C(=O)[N+](C(=O)O)(C2CC3CCC(C2)N3CC(O)CN2CCN(S(C)(=O)=O)CC2)c2ccccc21. The minimum absolute atomic E-state index is 0.109. The standard InChI is InChI=1S/C26H39N5O6S/c1-18(2)30-23-6-4-5-7-24(23)31(25(30)33,26(34)35)21-14-19-8-9-20(15-21)29(19)17-22(32)16-27-10-12-28(13-11-27)38(3,36)37/h4-7,18-22,32H,8-17H2,1-3H3/p+1. The van der Waals surface area contributed by atoms with E-state index in [1.54, 1.807) is 11.0 Å². The second-order valence-electron chi connectivity index (χ2n) is 11.6. The zero-order valence-corrected chi connectivity index (χ0v) is 23.3. The number of benzene rings is 1. The molecule has 1 aromatic rings. The maximum atomic E-state index is 13.9. The summed E-state index contributed by atoms with van der Waals surface area (Å²) in [5, 5.41) is 21.6. The number of carbonyl (C=O) groups is 2. The molecule has 1 aromatic carbocycles. The first-order chi connectivity index (χ1) is 17.9. The quantitative estimate of drug-likeness (QED) is 0.494. The van der Waals surface area contributed by atoms with Gasteiger partial charge in [-0.3, -0.25) is 14.7 Å². The predicted molar refractivity (Wildman–Crippen MR) is 145 cm³/mol. The molecule has 4 atom stereocenters. The largest absolute Gasteiger partial charge is 0.528 e. The van der Waals surface area contributed by atoms with Crippen LogP contribution in [0.3, 0.4) is 0 Å². The lowest BCUT2D eigenvalue weighted by Crippen LogP contribution is -2.68. The summed E-state index contributed by atoms with van der Waals surface area (Å²) >= 11 is 0. The number of carbonyl (C=O) groups excluding carboxylic acids is 1. The second kappa shape index (κ2) is 10.1. The summed E-state index contributed by atoms with van der Waals surface area (Å²) in [4.78, 5) is 32.9. The number of sulfonamides is 1. The van der Waals surface area contributed by atoms with E-state index in [4.69, 9.17) is 0 Å². The zero-order valence-electron chi connectivity index (χ0n) is 22.4. The number of para-hydroxylation sites is 2. The average molecular weight is 551 g/mol. The molecule has 4 unspecified atom stereocenters. The van der Waals surface area contributed by atoms with Crippen LogP contribution in [-0.4, -0.2) is 121 Å². The molecule has 0 aromatic heterocycles. The molecule has 4 aliphatic heterocycles. The fraction of sp³-hybridized carbons (Fsp3) is 0.692. The maximum absolute atomic E-state index is 13.9. The molecule has 3 saturated heterocycles. The highest BCUT2D eigenvalue weighted by atomic mass is 32.2. The Bertz CT molecular complexity index is 1170. The molecule has 4 aliphatic rings. The van der Waals surface area contributed by atoms with E-state index in [1.807, 2.05) is 32.0 Å². The number of hydrogen-bond acceptors (Lipinski definition) is 7. The lowest BCUT2D eigenvalue weighted by Gasteiger charge is -2.44. The summed E-state index contributed by atoms with van der Waals surface area (Å²) in [6, 6.07) is 6.57. The third-order valence-corrected chi connectivity index (χ3v) is 10.2. The number of aliphatic hydroxyl groups excluding tert-OH is 1. The van der Waals surface area contributed by atoms with Crippen molar-refractivity contribution < 1.29 is 28.2 Å². The number of amides is 3. The monoisotopic (exact) mass is 550 g/mol. The van der Waals surface area contributed by atoms with Crippen LogP contribution in [0, 0.1) is 0 Å². The smallest absolute Gasteiger partial charge is 0.435 e. The minimum Gasteiger partial charge on any atom is -0.435 e. The van der Waals surface area contributed by atoms with Gasteiger partial charge in [-0.05, 0) is 32.8 Å². The van der Waals surface area contributed by atoms with E-state index >= 15 is 0 Å². The Morgan fingerprint density at radius 1 is 1.05 bits per heavy atom. The number of piperazine rings is 1. The van der Waals surface area contributed by atoms with E-state index in [0.29, 0.717) is 63.5 Å². The van der Waals surface area contributed by atoms with Crippen LogP contribution in [0.1, 0.15) is 39.5 Å². The number of rotatable bonds is 7. The molecule has 3 fully saturated rings. The van der Waals surface area contributed by atoms with Crippen molar-refractivity contribution in [3.8, 4) is 0 Å². The molecule has 2 N–H and O–H groups in total. The predicted octanol–water partition coefficient (Wildman–Crippen LogP) is 1.95. The van der Waals surface area contributed by atoms with Gasteiger partial charge in [-0.2, -0.15) is 9.10 Å². The molecule has 0 radical (unpaired) electrons. The molecule has 4 heterocycles. The normalized spacial score (nSPS) is 31.7. The van der Waals surface area contributed by atoms with E-state index in [2.05, 4.69) is 9.80 Å². The number of imide groups is 1. The number of quaternary nitrogens is 1. The van der Waals surface area contributed by atoms with Gasteiger partial charge in [-0.25, -0.2) is 13.2 Å². The summed E-state index contributed by atoms with van der Waals surface area (Å²) in [5.74, 6) is 0. The molecule has 0 saturated carbocycles. The Balaban J connectivity index is 1.29. The first-order valence-electron chi connectivity index (χ1n) is 13.6. The Labute approximate surface area is 224 Å². The van der Waals surface area contributed by atoms with Gasteiger partial charge in [0.05, 0.1) is 12.4 Å². The first kappa shape index (κ1) is 27.5. The van der Waals surface area contributed by atoms with Crippen LogP contribution >= 0.6 is 0 Å². The highest BCUT2D eigenvalue weighted by Gasteiger charge is 2.65. The number of nitrogens with zero attached hydrogens (tertiary/aromatic N) is 5. The first-order valence-corrected chi connectivity index (χ1v) is 15.5. The van der Waals surface area contributed by atoms with Gasteiger partial charge in [0.15, 0.2) is 5.69 Å². The molecule has 12 heteroatoms. The number of aliphatic hydroxyl groups is 1. The van der Waals surface area contributed by atoms with Crippen molar-refractivity contribution in [1.29, 1.82) is 0 Å². The topological polar surface area (TPSA) is 122 Å². The van der Waals surface area contributed by atoms with E-state index in [1.165, 1.54) is 10.6 Å². The van der Waals surface area contributed by atoms with Crippen LogP contribution in [0.4, 0.5) is 21.0 Å².